The molecule has 6 nitrogen and oxygen atoms in total. The fraction of sp³-hybridized carbons (Fsp3) is 0.300. The van der Waals surface area contributed by atoms with E-state index in [4.69, 9.17) is 0 Å². The third-order valence-corrected chi connectivity index (χ3v) is 4.51. The van der Waals surface area contributed by atoms with Crippen molar-refractivity contribution in [3.63, 3.8) is 0 Å². The van der Waals surface area contributed by atoms with Crippen LogP contribution in [0.1, 0.15) is 49.8 Å². The number of carbonyl (C=O) groups is 1. The summed E-state index contributed by atoms with van der Waals surface area (Å²) in [7, 11) is 0. The van der Waals surface area contributed by atoms with Crippen LogP contribution < -0.4 is 0 Å². The summed E-state index contributed by atoms with van der Waals surface area (Å²) in [5.41, 5.74) is 2.26. The molecule has 0 saturated heterocycles. The zero-order valence-corrected chi connectivity index (χ0v) is 14.7. The van der Waals surface area contributed by atoms with Crippen LogP contribution in [0.25, 0.3) is 0 Å². The Morgan fingerprint density at radius 1 is 1.19 bits per heavy atom. The van der Waals surface area contributed by atoms with Crippen LogP contribution >= 0.6 is 0 Å². The molecule has 1 heterocycles. The lowest BCUT2D eigenvalue weighted by molar-refractivity contribution is -0.385. The molecule has 1 aliphatic rings. The second kappa shape index (κ2) is 7.91. The molecule has 1 atom stereocenters. The Hall–Kier alpha value is -3.02. The molecule has 2 aromatic rings. The van der Waals surface area contributed by atoms with Crippen molar-refractivity contribution in [3.05, 3.63) is 75.8 Å². The number of hydrogen-bond acceptors (Lipinski definition) is 4. The Balaban J connectivity index is 1.98. The van der Waals surface area contributed by atoms with Gasteiger partial charge in [0.05, 0.1) is 22.2 Å². The van der Waals surface area contributed by atoms with Crippen LogP contribution in [0, 0.1) is 10.1 Å². The second-order valence-electron chi connectivity index (χ2n) is 6.29. The first kappa shape index (κ1) is 17.8. The molecule has 0 N–H and O–H groups in total. The summed E-state index contributed by atoms with van der Waals surface area (Å²) in [6, 6.07) is 15.8. The van der Waals surface area contributed by atoms with E-state index in [0.717, 1.165) is 24.1 Å². The number of rotatable bonds is 6. The van der Waals surface area contributed by atoms with Gasteiger partial charge in [0, 0.05) is 18.9 Å². The minimum atomic E-state index is -0.448. The summed E-state index contributed by atoms with van der Waals surface area (Å²) in [6.07, 6.45) is 2.53. The molecule has 3 rings (SSSR count). The van der Waals surface area contributed by atoms with Crippen molar-refractivity contribution in [3.8, 4) is 0 Å². The van der Waals surface area contributed by atoms with Gasteiger partial charge >= 0.3 is 0 Å². The summed E-state index contributed by atoms with van der Waals surface area (Å²) in [5, 5.41) is 17.4. The van der Waals surface area contributed by atoms with Gasteiger partial charge in [0.2, 0.25) is 5.91 Å². The molecular formula is C20H21N3O3. The summed E-state index contributed by atoms with van der Waals surface area (Å²) in [4.78, 5) is 23.7. The van der Waals surface area contributed by atoms with Crippen LogP contribution in [-0.2, 0) is 4.79 Å². The van der Waals surface area contributed by atoms with E-state index in [1.807, 2.05) is 37.3 Å². The van der Waals surface area contributed by atoms with Gasteiger partial charge in [0.1, 0.15) is 0 Å². The van der Waals surface area contributed by atoms with Gasteiger partial charge in [0.25, 0.3) is 5.69 Å². The lowest BCUT2D eigenvalue weighted by Gasteiger charge is -2.21. The van der Waals surface area contributed by atoms with E-state index in [2.05, 4.69) is 5.10 Å². The number of nitro groups is 1. The van der Waals surface area contributed by atoms with Crippen molar-refractivity contribution in [2.24, 2.45) is 5.10 Å². The average molecular weight is 351 g/mol. The fourth-order valence-electron chi connectivity index (χ4n) is 3.17. The number of carbonyl (C=O) groups excluding carboxylic acids is 1. The predicted molar refractivity (Wildman–Crippen MR) is 99.8 cm³/mol. The molecule has 0 radical (unpaired) electrons. The molecule has 2 aromatic carbocycles. The molecule has 1 amide bonds. The summed E-state index contributed by atoms with van der Waals surface area (Å²) < 4.78 is 0. The van der Waals surface area contributed by atoms with Crippen molar-refractivity contribution < 1.29 is 9.72 Å². The van der Waals surface area contributed by atoms with Gasteiger partial charge in [-0.05, 0) is 18.1 Å². The number of nitro benzene ring substituents is 1. The average Bonchev–Trinajstić information content (AvgIpc) is 3.12. The number of amides is 1. The summed E-state index contributed by atoms with van der Waals surface area (Å²) >= 11 is 0. The van der Waals surface area contributed by atoms with E-state index in [9.17, 15) is 14.9 Å². The van der Waals surface area contributed by atoms with E-state index < -0.39 is 11.0 Å². The Morgan fingerprint density at radius 3 is 2.58 bits per heavy atom. The lowest BCUT2D eigenvalue weighted by Crippen LogP contribution is -2.27. The van der Waals surface area contributed by atoms with E-state index in [1.165, 1.54) is 11.1 Å². The number of nitrogens with zero attached hydrogens (tertiary/aromatic N) is 3. The molecule has 0 saturated carbocycles. The number of hydrazone groups is 1. The molecular weight excluding hydrogens is 330 g/mol. The highest BCUT2D eigenvalue weighted by atomic mass is 16.6. The largest absolute Gasteiger partial charge is 0.274 e. The van der Waals surface area contributed by atoms with E-state index in [1.54, 1.807) is 18.2 Å². The van der Waals surface area contributed by atoms with Gasteiger partial charge in [-0.25, -0.2) is 5.01 Å². The van der Waals surface area contributed by atoms with E-state index in [0.29, 0.717) is 18.4 Å². The fourth-order valence-corrected chi connectivity index (χ4v) is 3.17. The number of hydrogen-bond donors (Lipinski definition) is 0. The first-order chi connectivity index (χ1) is 12.6. The minimum Gasteiger partial charge on any atom is -0.273 e. The predicted octanol–water partition coefficient (Wildman–Crippen LogP) is 4.46. The first-order valence-electron chi connectivity index (χ1n) is 8.80. The minimum absolute atomic E-state index is 0.0234. The van der Waals surface area contributed by atoms with E-state index in [-0.39, 0.29) is 11.6 Å². The zero-order valence-electron chi connectivity index (χ0n) is 14.7. The molecule has 134 valence electrons. The summed E-state index contributed by atoms with van der Waals surface area (Å²) in [5.74, 6) is -0.0964. The third-order valence-electron chi connectivity index (χ3n) is 4.51. The molecule has 6 heteroatoms. The smallest absolute Gasteiger partial charge is 0.273 e. The highest BCUT2D eigenvalue weighted by Crippen LogP contribution is 2.37. The van der Waals surface area contributed by atoms with Gasteiger partial charge in [0.15, 0.2) is 0 Å². The zero-order chi connectivity index (χ0) is 18.5. The second-order valence-corrected chi connectivity index (χ2v) is 6.29. The maximum atomic E-state index is 12.7. The standard InChI is InChI=1S/C20H21N3O3/c1-2-3-13-20(24)22-19(16-11-7-8-12-18(16)23(25)26)14-17(21-22)15-9-5-4-6-10-15/h4-12,19H,2-3,13-14H2,1H3. The number of para-hydroxylation sites is 1. The highest BCUT2D eigenvalue weighted by molar-refractivity contribution is 6.03. The van der Waals surface area contributed by atoms with Crippen molar-refractivity contribution >= 4 is 17.3 Å². The van der Waals surface area contributed by atoms with Crippen molar-refractivity contribution in [1.29, 1.82) is 0 Å². The SMILES string of the molecule is CCCCC(=O)N1N=C(c2ccccc2)CC1c1ccccc1[N+](=O)[O-]. The molecule has 0 aliphatic carbocycles. The van der Waals surface area contributed by atoms with E-state index >= 15 is 0 Å². The van der Waals surface area contributed by atoms with Crippen LogP contribution in [0.4, 0.5) is 5.69 Å². The molecule has 0 aromatic heterocycles. The Kier molecular flexibility index (Phi) is 5.41. The van der Waals surface area contributed by atoms with Crippen LogP contribution in [0.15, 0.2) is 59.7 Å². The normalized spacial score (nSPS) is 16.4. The quantitative estimate of drug-likeness (QED) is 0.569. The van der Waals surface area contributed by atoms with Gasteiger partial charge in [-0.3, -0.25) is 14.9 Å². The molecule has 0 spiro atoms. The van der Waals surface area contributed by atoms with Crippen molar-refractivity contribution in [2.75, 3.05) is 0 Å². The maximum Gasteiger partial charge on any atom is 0.274 e. The first-order valence-corrected chi connectivity index (χ1v) is 8.80. The van der Waals surface area contributed by atoms with Gasteiger partial charge in [-0.15, -0.1) is 0 Å². The summed E-state index contributed by atoms with van der Waals surface area (Å²) in [6.45, 7) is 2.02. The molecule has 26 heavy (non-hydrogen) atoms. The van der Waals surface area contributed by atoms with Crippen molar-refractivity contribution in [2.45, 2.75) is 38.6 Å². The maximum absolute atomic E-state index is 12.7. The number of benzene rings is 2. The lowest BCUT2D eigenvalue weighted by atomic mass is 9.97. The van der Waals surface area contributed by atoms with Gasteiger partial charge < -0.3 is 0 Å². The Labute approximate surface area is 152 Å². The number of unbranched alkanes of at least 4 members (excludes halogenated alkanes) is 1. The molecule has 0 bridgehead atoms. The molecule has 1 aliphatic heterocycles. The Bertz CT molecular complexity index is 833. The highest BCUT2D eigenvalue weighted by Gasteiger charge is 2.36. The van der Waals surface area contributed by atoms with Gasteiger partial charge in [-0.1, -0.05) is 55.8 Å². The van der Waals surface area contributed by atoms with Crippen LogP contribution in [0.2, 0.25) is 0 Å². The third kappa shape index (κ3) is 3.64. The Morgan fingerprint density at radius 2 is 1.88 bits per heavy atom. The molecule has 1 unspecified atom stereocenters. The van der Waals surface area contributed by atoms with Crippen LogP contribution in [0.3, 0.4) is 0 Å². The van der Waals surface area contributed by atoms with Crippen LogP contribution in [-0.4, -0.2) is 21.6 Å². The topological polar surface area (TPSA) is 75.8 Å². The van der Waals surface area contributed by atoms with Crippen molar-refractivity contribution in [1.82, 2.24) is 5.01 Å². The van der Waals surface area contributed by atoms with Crippen LogP contribution in [0.5, 0.6) is 0 Å². The van der Waals surface area contributed by atoms with Gasteiger partial charge in [-0.2, -0.15) is 5.10 Å². The molecule has 0 fully saturated rings. The monoisotopic (exact) mass is 351 g/mol.